The maximum Gasteiger partial charge on any atom is 0.279 e. The van der Waals surface area contributed by atoms with E-state index in [1.807, 2.05) is 0 Å². The fraction of sp³-hybridized carbons (Fsp3) is 1.00. The Balaban J connectivity index is 1.97. The van der Waals surface area contributed by atoms with Gasteiger partial charge in [0.05, 0.1) is 0 Å². The first-order valence-electron chi connectivity index (χ1n) is 7.11. The molecule has 0 aromatic heterocycles. The summed E-state index contributed by atoms with van der Waals surface area (Å²) in [6.45, 7) is 4.82. The van der Waals surface area contributed by atoms with E-state index in [1.165, 1.54) is 6.42 Å². The molecule has 106 valence electrons. The average Bonchev–Trinajstić information content (AvgIpc) is 2.40. The minimum Gasteiger partial charge on any atom is -0.314 e. The zero-order valence-corrected chi connectivity index (χ0v) is 12.0. The van der Waals surface area contributed by atoms with Crippen molar-refractivity contribution < 1.29 is 8.42 Å². The van der Waals surface area contributed by atoms with Crippen LogP contribution in [0.1, 0.15) is 39.0 Å². The fourth-order valence-corrected chi connectivity index (χ4v) is 4.51. The maximum absolute atomic E-state index is 12.3. The molecule has 2 N–H and O–H groups in total. The van der Waals surface area contributed by atoms with Gasteiger partial charge in [-0.2, -0.15) is 17.4 Å². The minimum atomic E-state index is -3.28. The van der Waals surface area contributed by atoms with Gasteiger partial charge in [-0.3, -0.25) is 0 Å². The lowest BCUT2D eigenvalue weighted by Crippen LogP contribution is -2.54. The van der Waals surface area contributed by atoms with Crippen molar-refractivity contribution in [3.63, 3.8) is 0 Å². The lowest BCUT2D eigenvalue weighted by Gasteiger charge is -2.34. The summed E-state index contributed by atoms with van der Waals surface area (Å²) in [5.41, 5.74) is 0. The Bertz CT molecular complexity index is 352. The van der Waals surface area contributed by atoms with Crippen LogP contribution in [-0.4, -0.2) is 44.9 Å². The van der Waals surface area contributed by atoms with Crippen molar-refractivity contribution in [3.8, 4) is 0 Å². The fourth-order valence-electron chi connectivity index (χ4n) is 3.00. The van der Waals surface area contributed by atoms with Crippen molar-refractivity contribution in [2.75, 3.05) is 26.2 Å². The van der Waals surface area contributed by atoms with E-state index >= 15 is 0 Å². The number of rotatable bonds is 4. The summed E-state index contributed by atoms with van der Waals surface area (Å²) in [7, 11) is -3.28. The number of piperazine rings is 1. The maximum atomic E-state index is 12.3. The van der Waals surface area contributed by atoms with Crippen LogP contribution in [0, 0.1) is 5.92 Å². The second-order valence-corrected chi connectivity index (χ2v) is 7.03. The van der Waals surface area contributed by atoms with E-state index in [0.29, 0.717) is 19.0 Å². The summed E-state index contributed by atoms with van der Waals surface area (Å²) in [6, 6.07) is 0.142. The van der Waals surface area contributed by atoms with Gasteiger partial charge in [0.1, 0.15) is 0 Å². The van der Waals surface area contributed by atoms with Crippen LogP contribution >= 0.6 is 0 Å². The largest absolute Gasteiger partial charge is 0.314 e. The van der Waals surface area contributed by atoms with Gasteiger partial charge in [-0.1, -0.05) is 26.2 Å². The second-order valence-electron chi connectivity index (χ2n) is 5.33. The second kappa shape index (κ2) is 6.32. The quantitative estimate of drug-likeness (QED) is 0.794. The first kappa shape index (κ1) is 14.2. The van der Waals surface area contributed by atoms with Gasteiger partial charge in [0.15, 0.2) is 0 Å². The van der Waals surface area contributed by atoms with E-state index in [2.05, 4.69) is 17.0 Å². The Hall–Kier alpha value is -0.170. The average molecular weight is 275 g/mol. The third-order valence-electron chi connectivity index (χ3n) is 4.15. The van der Waals surface area contributed by atoms with Gasteiger partial charge in [0.25, 0.3) is 10.2 Å². The van der Waals surface area contributed by atoms with Crippen LogP contribution < -0.4 is 10.0 Å². The van der Waals surface area contributed by atoms with Crippen molar-refractivity contribution >= 4 is 10.2 Å². The Morgan fingerprint density at radius 2 is 1.89 bits per heavy atom. The highest BCUT2D eigenvalue weighted by Gasteiger charge is 2.31. The molecule has 2 atom stereocenters. The van der Waals surface area contributed by atoms with Crippen LogP contribution in [-0.2, 0) is 10.2 Å². The molecule has 1 saturated heterocycles. The summed E-state index contributed by atoms with van der Waals surface area (Å²) in [5, 5.41) is 3.18. The highest BCUT2D eigenvalue weighted by molar-refractivity contribution is 7.87. The highest BCUT2D eigenvalue weighted by atomic mass is 32.2. The van der Waals surface area contributed by atoms with Gasteiger partial charge in [-0.05, 0) is 18.8 Å². The van der Waals surface area contributed by atoms with Crippen LogP contribution in [0.25, 0.3) is 0 Å². The van der Waals surface area contributed by atoms with Crippen LogP contribution in [0.15, 0.2) is 0 Å². The molecular weight excluding hydrogens is 250 g/mol. The highest BCUT2D eigenvalue weighted by Crippen LogP contribution is 2.27. The number of hydrogen-bond donors (Lipinski definition) is 2. The molecule has 2 aliphatic rings. The SMILES string of the molecule is CCC1CCCCC1NS(=O)(=O)N1CCNCC1. The molecule has 5 nitrogen and oxygen atoms in total. The summed E-state index contributed by atoms with van der Waals surface area (Å²) in [5.74, 6) is 0.511. The molecule has 2 fully saturated rings. The molecule has 18 heavy (non-hydrogen) atoms. The summed E-state index contributed by atoms with van der Waals surface area (Å²) < 4.78 is 29.1. The van der Waals surface area contributed by atoms with E-state index in [0.717, 1.165) is 38.8 Å². The lowest BCUT2D eigenvalue weighted by atomic mass is 9.83. The van der Waals surface area contributed by atoms with E-state index in [1.54, 1.807) is 4.31 Å². The molecule has 2 rings (SSSR count). The Kier molecular flexibility index (Phi) is 5.00. The molecule has 6 heteroatoms. The van der Waals surface area contributed by atoms with Gasteiger partial charge in [0, 0.05) is 32.2 Å². The van der Waals surface area contributed by atoms with Crippen molar-refractivity contribution in [1.29, 1.82) is 0 Å². The van der Waals surface area contributed by atoms with Crippen molar-refractivity contribution in [1.82, 2.24) is 14.3 Å². The van der Waals surface area contributed by atoms with Gasteiger partial charge in [-0.15, -0.1) is 0 Å². The minimum absolute atomic E-state index is 0.142. The summed E-state index contributed by atoms with van der Waals surface area (Å²) >= 11 is 0. The van der Waals surface area contributed by atoms with Gasteiger partial charge in [0.2, 0.25) is 0 Å². The third-order valence-corrected chi connectivity index (χ3v) is 5.80. The van der Waals surface area contributed by atoms with Crippen LogP contribution in [0.5, 0.6) is 0 Å². The molecule has 2 unspecified atom stereocenters. The molecule has 0 amide bonds. The van der Waals surface area contributed by atoms with E-state index in [9.17, 15) is 8.42 Å². The predicted molar refractivity (Wildman–Crippen MR) is 72.5 cm³/mol. The van der Waals surface area contributed by atoms with E-state index in [-0.39, 0.29) is 6.04 Å². The number of hydrogen-bond acceptors (Lipinski definition) is 3. The first-order valence-corrected chi connectivity index (χ1v) is 8.55. The summed E-state index contributed by atoms with van der Waals surface area (Å²) in [4.78, 5) is 0. The predicted octanol–water partition coefficient (Wildman–Crippen LogP) is 0.695. The summed E-state index contributed by atoms with van der Waals surface area (Å²) in [6.07, 6.45) is 5.60. The number of nitrogens with one attached hydrogen (secondary N) is 2. The Morgan fingerprint density at radius 1 is 1.22 bits per heavy atom. The normalized spacial score (nSPS) is 31.4. The van der Waals surface area contributed by atoms with Crippen LogP contribution in [0.4, 0.5) is 0 Å². The molecule has 1 saturated carbocycles. The van der Waals surface area contributed by atoms with E-state index in [4.69, 9.17) is 0 Å². The third kappa shape index (κ3) is 3.44. The van der Waals surface area contributed by atoms with Gasteiger partial charge < -0.3 is 5.32 Å². The van der Waals surface area contributed by atoms with Gasteiger partial charge >= 0.3 is 0 Å². The standard InChI is InChI=1S/C12H25N3O2S/c1-2-11-5-3-4-6-12(11)14-18(16,17)15-9-7-13-8-10-15/h11-14H,2-10H2,1H3. The topological polar surface area (TPSA) is 61.4 Å². The molecule has 1 aliphatic carbocycles. The molecule has 0 bridgehead atoms. The monoisotopic (exact) mass is 275 g/mol. The van der Waals surface area contributed by atoms with Crippen molar-refractivity contribution in [3.05, 3.63) is 0 Å². The molecule has 0 aromatic rings. The van der Waals surface area contributed by atoms with Crippen LogP contribution in [0.2, 0.25) is 0 Å². The molecule has 0 spiro atoms. The molecule has 1 heterocycles. The first-order chi connectivity index (χ1) is 8.63. The van der Waals surface area contributed by atoms with Crippen LogP contribution in [0.3, 0.4) is 0 Å². The van der Waals surface area contributed by atoms with E-state index < -0.39 is 10.2 Å². The molecular formula is C12H25N3O2S. The Morgan fingerprint density at radius 3 is 2.56 bits per heavy atom. The zero-order chi connectivity index (χ0) is 13.0. The molecule has 1 aliphatic heterocycles. The number of nitrogens with zero attached hydrogens (tertiary/aromatic N) is 1. The van der Waals surface area contributed by atoms with Crippen molar-refractivity contribution in [2.45, 2.75) is 45.1 Å². The van der Waals surface area contributed by atoms with Crippen molar-refractivity contribution in [2.24, 2.45) is 5.92 Å². The molecule has 0 aromatic carbocycles. The Labute approximate surface area is 110 Å². The smallest absolute Gasteiger partial charge is 0.279 e. The lowest BCUT2D eigenvalue weighted by molar-refractivity contribution is 0.272. The molecule has 0 radical (unpaired) electrons. The zero-order valence-electron chi connectivity index (χ0n) is 11.2. The van der Waals surface area contributed by atoms with Gasteiger partial charge in [-0.25, -0.2) is 0 Å².